The molecule has 188 valence electrons. The van der Waals surface area contributed by atoms with Gasteiger partial charge >= 0.3 is 5.97 Å². The van der Waals surface area contributed by atoms with Gasteiger partial charge in [-0.15, -0.1) is 0 Å². The average molecular weight is 501 g/mol. The zero-order valence-corrected chi connectivity index (χ0v) is 18.8. The van der Waals surface area contributed by atoms with Crippen LogP contribution in [-0.2, 0) is 17.9 Å². The number of hydrogen-bond acceptors (Lipinski definition) is 6. The van der Waals surface area contributed by atoms with Crippen molar-refractivity contribution in [2.75, 3.05) is 6.54 Å². The minimum Gasteiger partial charge on any atom is -0.506 e. The SMILES string of the molecule is Cc1ccc(Cn2c(O)c(C(=O)NCc3ccc(F)cc3)c(O)c(C(=O)NCC(=O)O)c2=O)c(F)c1. The molecule has 0 aliphatic heterocycles. The third-order valence-corrected chi connectivity index (χ3v) is 5.17. The molecule has 1 aromatic heterocycles. The zero-order valence-electron chi connectivity index (χ0n) is 18.8. The average Bonchev–Trinajstić information content (AvgIpc) is 2.81. The van der Waals surface area contributed by atoms with Gasteiger partial charge in [-0.25, -0.2) is 8.78 Å². The fourth-order valence-corrected chi connectivity index (χ4v) is 3.33. The van der Waals surface area contributed by atoms with Crippen LogP contribution >= 0.6 is 0 Å². The van der Waals surface area contributed by atoms with Gasteiger partial charge in [0, 0.05) is 12.1 Å². The molecule has 0 saturated carbocycles. The van der Waals surface area contributed by atoms with E-state index in [9.17, 15) is 38.2 Å². The van der Waals surface area contributed by atoms with E-state index in [-0.39, 0.29) is 12.1 Å². The number of aryl methyl sites for hydroxylation is 1. The first-order valence-electron chi connectivity index (χ1n) is 10.5. The molecule has 0 bridgehead atoms. The van der Waals surface area contributed by atoms with E-state index >= 15 is 0 Å². The van der Waals surface area contributed by atoms with Crippen molar-refractivity contribution in [3.8, 4) is 11.6 Å². The number of rotatable bonds is 8. The zero-order chi connectivity index (χ0) is 26.6. The Morgan fingerprint density at radius 2 is 1.58 bits per heavy atom. The van der Waals surface area contributed by atoms with Gasteiger partial charge in [0.25, 0.3) is 17.4 Å². The Morgan fingerprint density at radius 1 is 0.944 bits per heavy atom. The normalized spacial score (nSPS) is 10.6. The third kappa shape index (κ3) is 5.66. The minimum absolute atomic E-state index is 0.0711. The molecule has 10 nitrogen and oxygen atoms in total. The van der Waals surface area contributed by atoms with Crippen LogP contribution in [0.4, 0.5) is 8.78 Å². The molecule has 0 aliphatic rings. The number of carbonyl (C=O) groups is 3. The van der Waals surface area contributed by atoms with Crippen molar-refractivity contribution in [3.05, 3.63) is 92.3 Å². The van der Waals surface area contributed by atoms with Crippen LogP contribution in [0.3, 0.4) is 0 Å². The summed E-state index contributed by atoms with van der Waals surface area (Å²) in [6.07, 6.45) is 0. The summed E-state index contributed by atoms with van der Waals surface area (Å²) in [6.45, 7) is -0.0679. The number of aromatic hydroxyl groups is 2. The molecule has 0 fully saturated rings. The van der Waals surface area contributed by atoms with E-state index < -0.39 is 70.8 Å². The number of hydrogen-bond donors (Lipinski definition) is 5. The number of halogens is 2. The smallest absolute Gasteiger partial charge is 0.322 e. The Bertz CT molecular complexity index is 1400. The molecular formula is C24H21F2N3O7. The number of amides is 2. The van der Waals surface area contributed by atoms with Crippen LogP contribution in [0.15, 0.2) is 47.3 Å². The molecule has 0 radical (unpaired) electrons. The Morgan fingerprint density at radius 3 is 2.19 bits per heavy atom. The van der Waals surface area contributed by atoms with Crippen molar-refractivity contribution in [2.24, 2.45) is 0 Å². The molecule has 12 heteroatoms. The lowest BCUT2D eigenvalue weighted by molar-refractivity contribution is -0.135. The summed E-state index contributed by atoms with van der Waals surface area (Å²) in [7, 11) is 0. The van der Waals surface area contributed by atoms with Crippen molar-refractivity contribution in [1.82, 2.24) is 15.2 Å². The maximum Gasteiger partial charge on any atom is 0.322 e. The largest absolute Gasteiger partial charge is 0.506 e. The highest BCUT2D eigenvalue weighted by Crippen LogP contribution is 2.29. The Kier molecular flexibility index (Phi) is 7.67. The van der Waals surface area contributed by atoms with Gasteiger partial charge in [0.1, 0.15) is 29.3 Å². The number of pyridine rings is 1. The molecule has 5 N–H and O–H groups in total. The van der Waals surface area contributed by atoms with E-state index in [2.05, 4.69) is 5.32 Å². The molecule has 0 saturated heterocycles. The van der Waals surface area contributed by atoms with Crippen molar-refractivity contribution < 1.29 is 38.5 Å². The topological polar surface area (TPSA) is 158 Å². The van der Waals surface area contributed by atoms with E-state index in [0.717, 1.165) is 12.1 Å². The van der Waals surface area contributed by atoms with Gasteiger partial charge in [0.05, 0.1) is 6.54 Å². The summed E-state index contributed by atoms with van der Waals surface area (Å²) in [6, 6.07) is 9.10. The molecular weight excluding hydrogens is 480 g/mol. The number of carboxylic acid groups (broad SMARTS) is 1. The van der Waals surface area contributed by atoms with Crippen molar-refractivity contribution >= 4 is 17.8 Å². The predicted molar refractivity (Wildman–Crippen MR) is 122 cm³/mol. The van der Waals surface area contributed by atoms with Crippen molar-refractivity contribution in [2.45, 2.75) is 20.0 Å². The van der Waals surface area contributed by atoms with Gasteiger partial charge in [-0.1, -0.05) is 24.3 Å². The highest BCUT2D eigenvalue weighted by atomic mass is 19.1. The van der Waals surface area contributed by atoms with Crippen molar-refractivity contribution in [1.29, 1.82) is 0 Å². The van der Waals surface area contributed by atoms with Gasteiger partial charge in [-0.3, -0.25) is 23.7 Å². The monoisotopic (exact) mass is 501 g/mol. The van der Waals surface area contributed by atoms with E-state index in [1.165, 1.54) is 30.3 Å². The molecule has 1 heterocycles. The summed E-state index contributed by atoms with van der Waals surface area (Å²) >= 11 is 0. The van der Waals surface area contributed by atoms with Crippen LogP contribution in [0.5, 0.6) is 11.6 Å². The third-order valence-electron chi connectivity index (χ3n) is 5.17. The van der Waals surface area contributed by atoms with Crippen LogP contribution in [-0.4, -0.2) is 44.2 Å². The number of aliphatic carboxylic acids is 1. The summed E-state index contributed by atoms with van der Waals surface area (Å²) in [5.74, 6) is -7.37. The van der Waals surface area contributed by atoms with E-state index in [0.29, 0.717) is 15.7 Å². The van der Waals surface area contributed by atoms with Crippen LogP contribution in [0.1, 0.15) is 37.4 Å². The molecule has 0 atom stereocenters. The molecule has 0 unspecified atom stereocenters. The number of nitrogens with zero attached hydrogens (tertiary/aromatic N) is 1. The standard InChI is InChI=1S/C24H21F2N3O7/c1-12-2-5-14(16(26)8-12)11-29-23(35)18(21(33)27-9-13-3-6-15(25)7-4-13)20(32)19(24(29)36)22(34)28-10-17(30)31/h2-8,32,35H,9-11H2,1H3,(H,27,33)(H,28,34)(H,30,31). The van der Waals surface area contributed by atoms with Gasteiger partial charge in [-0.05, 0) is 36.2 Å². The molecule has 3 rings (SSSR count). The summed E-state index contributed by atoms with van der Waals surface area (Å²) in [5.41, 5.74) is -2.22. The van der Waals surface area contributed by atoms with Gasteiger partial charge in [0.15, 0.2) is 5.75 Å². The number of carboxylic acids is 1. The molecule has 2 aromatic carbocycles. The number of aromatic nitrogens is 1. The lowest BCUT2D eigenvalue weighted by atomic mass is 10.1. The van der Waals surface area contributed by atoms with Crippen LogP contribution in [0.2, 0.25) is 0 Å². The molecule has 0 spiro atoms. The predicted octanol–water partition coefficient (Wildman–Crippen LogP) is 1.64. The maximum absolute atomic E-state index is 14.4. The maximum atomic E-state index is 14.4. The Hall–Kier alpha value is -4.74. The first-order chi connectivity index (χ1) is 17.0. The van der Waals surface area contributed by atoms with Crippen LogP contribution < -0.4 is 16.2 Å². The van der Waals surface area contributed by atoms with Gasteiger partial charge in [-0.2, -0.15) is 0 Å². The number of carbonyl (C=O) groups excluding carboxylic acids is 2. The Labute approximate surface area is 202 Å². The van der Waals surface area contributed by atoms with Gasteiger partial charge < -0.3 is 26.0 Å². The van der Waals surface area contributed by atoms with Gasteiger partial charge in [0.2, 0.25) is 5.88 Å². The van der Waals surface area contributed by atoms with E-state index in [1.807, 2.05) is 5.32 Å². The first-order valence-corrected chi connectivity index (χ1v) is 10.5. The summed E-state index contributed by atoms with van der Waals surface area (Å²) in [4.78, 5) is 49.2. The lowest BCUT2D eigenvalue weighted by Crippen LogP contribution is -2.37. The fraction of sp³-hybridized carbons (Fsp3) is 0.167. The minimum atomic E-state index is -1.44. The first kappa shape index (κ1) is 25.9. The summed E-state index contributed by atoms with van der Waals surface area (Å²) < 4.78 is 28.1. The number of nitrogens with one attached hydrogen (secondary N) is 2. The highest BCUT2D eigenvalue weighted by molar-refractivity contribution is 6.05. The fourth-order valence-electron chi connectivity index (χ4n) is 3.33. The molecule has 0 aliphatic carbocycles. The van der Waals surface area contributed by atoms with Crippen LogP contribution in [0, 0.1) is 18.6 Å². The molecule has 36 heavy (non-hydrogen) atoms. The Balaban J connectivity index is 2.08. The lowest BCUT2D eigenvalue weighted by Gasteiger charge is -2.17. The van der Waals surface area contributed by atoms with E-state index in [1.54, 1.807) is 6.92 Å². The van der Waals surface area contributed by atoms with E-state index in [4.69, 9.17) is 5.11 Å². The quantitative estimate of drug-likeness (QED) is 0.314. The van der Waals surface area contributed by atoms with Crippen LogP contribution in [0.25, 0.3) is 0 Å². The molecule has 3 aromatic rings. The molecule has 2 amide bonds. The highest BCUT2D eigenvalue weighted by Gasteiger charge is 2.30. The second-order valence-electron chi connectivity index (χ2n) is 7.79. The summed E-state index contributed by atoms with van der Waals surface area (Å²) in [5, 5.41) is 34.4. The van der Waals surface area contributed by atoms with Crippen molar-refractivity contribution in [3.63, 3.8) is 0 Å². The number of benzene rings is 2. The second-order valence-corrected chi connectivity index (χ2v) is 7.79. The second kappa shape index (κ2) is 10.7.